The Kier molecular flexibility index (Phi) is 5.16. The van der Waals surface area contributed by atoms with Crippen molar-refractivity contribution in [3.8, 4) is 0 Å². The SMILES string of the molecule is O=C(NCCSc1c[nH]c2ccccc12)c1ccc(Cl)cc1Cl. The van der Waals surface area contributed by atoms with Gasteiger partial charge in [0, 0.05) is 39.3 Å². The van der Waals surface area contributed by atoms with Gasteiger partial charge in [0.25, 0.3) is 5.91 Å². The fraction of sp³-hybridized carbons (Fsp3) is 0.118. The monoisotopic (exact) mass is 364 g/mol. The minimum absolute atomic E-state index is 0.189. The van der Waals surface area contributed by atoms with E-state index in [1.54, 1.807) is 30.0 Å². The molecule has 0 fully saturated rings. The summed E-state index contributed by atoms with van der Waals surface area (Å²) in [6.07, 6.45) is 1.99. The molecule has 6 heteroatoms. The maximum Gasteiger partial charge on any atom is 0.252 e. The van der Waals surface area contributed by atoms with Gasteiger partial charge >= 0.3 is 0 Å². The topological polar surface area (TPSA) is 44.9 Å². The highest BCUT2D eigenvalue weighted by atomic mass is 35.5. The number of carbonyl (C=O) groups excluding carboxylic acids is 1. The molecule has 0 radical (unpaired) electrons. The van der Waals surface area contributed by atoms with E-state index in [0.29, 0.717) is 22.2 Å². The maximum atomic E-state index is 12.1. The number of para-hydroxylation sites is 1. The number of fused-ring (bicyclic) bond motifs is 1. The van der Waals surface area contributed by atoms with Crippen LogP contribution in [0.5, 0.6) is 0 Å². The van der Waals surface area contributed by atoms with E-state index in [2.05, 4.69) is 16.4 Å². The normalized spacial score (nSPS) is 10.9. The van der Waals surface area contributed by atoms with Crippen molar-refractivity contribution < 1.29 is 4.79 Å². The quantitative estimate of drug-likeness (QED) is 0.494. The summed E-state index contributed by atoms with van der Waals surface area (Å²) in [7, 11) is 0. The number of rotatable bonds is 5. The van der Waals surface area contributed by atoms with Crippen molar-refractivity contribution in [1.29, 1.82) is 0 Å². The Hall–Kier alpha value is -1.62. The molecular formula is C17H14Cl2N2OS. The summed E-state index contributed by atoms with van der Waals surface area (Å²) < 4.78 is 0. The lowest BCUT2D eigenvalue weighted by Crippen LogP contribution is -2.25. The Labute approximate surface area is 148 Å². The molecule has 3 aromatic rings. The third-order valence-corrected chi connectivity index (χ3v) is 4.98. The number of halogens is 2. The molecule has 2 N–H and O–H groups in total. The molecule has 0 aliphatic rings. The van der Waals surface area contributed by atoms with Crippen molar-refractivity contribution in [2.45, 2.75) is 4.90 Å². The number of aromatic nitrogens is 1. The smallest absolute Gasteiger partial charge is 0.252 e. The van der Waals surface area contributed by atoms with Crippen LogP contribution in [-0.2, 0) is 0 Å². The van der Waals surface area contributed by atoms with Gasteiger partial charge in [0.05, 0.1) is 10.6 Å². The van der Waals surface area contributed by atoms with Gasteiger partial charge in [-0.1, -0.05) is 41.4 Å². The first-order valence-corrected chi connectivity index (χ1v) is 8.81. The number of H-pyrrole nitrogens is 1. The van der Waals surface area contributed by atoms with Gasteiger partial charge < -0.3 is 10.3 Å². The lowest BCUT2D eigenvalue weighted by atomic mass is 10.2. The predicted octanol–water partition coefficient (Wildman–Crippen LogP) is 5.00. The first-order chi connectivity index (χ1) is 11.1. The third-order valence-electron chi connectivity index (χ3n) is 3.37. The molecule has 3 nitrogen and oxygen atoms in total. The van der Waals surface area contributed by atoms with Crippen LogP contribution in [0.15, 0.2) is 53.6 Å². The zero-order valence-corrected chi connectivity index (χ0v) is 14.4. The molecule has 2 aromatic carbocycles. The van der Waals surface area contributed by atoms with E-state index in [4.69, 9.17) is 23.2 Å². The summed E-state index contributed by atoms with van der Waals surface area (Å²) in [5.41, 5.74) is 1.56. The summed E-state index contributed by atoms with van der Waals surface area (Å²) in [6, 6.07) is 13.0. The summed E-state index contributed by atoms with van der Waals surface area (Å²) >= 11 is 13.6. The fourth-order valence-electron chi connectivity index (χ4n) is 2.26. The molecule has 118 valence electrons. The van der Waals surface area contributed by atoms with E-state index in [-0.39, 0.29) is 5.91 Å². The number of hydrogen-bond donors (Lipinski definition) is 2. The molecule has 1 amide bonds. The van der Waals surface area contributed by atoms with E-state index >= 15 is 0 Å². The van der Waals surface area contributed by atoms with Crippen molar-refractivity contribution in [3.05, 3.63) is 64.3 Å². The van der Waals surface area contributed by atoms with Gasteiger partial charge in [-0.2, -0.15) is 0 Å². The molecule has 0 bridgehead atoms. The lowest BCUT2D eigenvalue weighted by Gasteiger charge is -2.07. The number of thioether (sulfide) groups is 1. The Bertz CT molecular complexity index is 847. The summed E-state index contributed by atoms with van der Waals surface area (Å²) in [5.74, 6) is 0.588. The van der Waals surface area contributed by atoms with E-state index in [1.807, 2.05) is 24.4 Å². The van der Waals surface area contributed by atoms with Gasteiger partial charge in [0.2, 0.25) is 0 Å². The molecular weight excluding hydrogens is 351 g/mol. The van der Waals surface area contributed by atoms with Crippen LogP contribution in [0.1, 0.15) is 10.4 Å². The summed E-state index contributed by atoms with van der Waals surface area (Å²) in [4.78, 5) is 16.5. The van der Waals surface area contributed by atoms with Gasteiger partial charge in [-0.05, 0) is 24.3 Å². The highest BCUT2D eigenvalue weighted by Crippen LogP contribution is 2.27. The number of amides is 1. The van der Waals surface area contributed by atoms with Crippen molar-refractivity contribution in [3.63, 3.8) is 0 Å². The summed E-state index contributed by atoms with van der Waals surface area (Å²) in [6.45, 7) is 0.558. The Morgan fingerprint density at radius 3 is 2.83 bits per heavy atom. The molecule has 0 aliphatic carbocycles. The van der Waals surface area contributed by atoms with E-state index < -0.39 is 0 Å². The molecule has 0 unspecified atom stereocenters. The Balaban J connectivity index is 1.54. The van der Waals surface area contributed by atoms with Crippen molar-refractivity contribution in [2.75, 3.05) is 12.3 Å². The van der Waals surface area contributed by atoms with E-state index in [9.17, 15) is 4.79 Å². The maximum absolute atomic E-state index is 12.1. The fourth-order valence-corrected chi connectivity index (χ4v) is 3.65. The molecule has 1 aromatic heterocycles. The highest BCUT2D eigenvalue weighted by Gasteiger charge is 2.10. The van der Waals surface area contributed by atoms with Crippen LogP contribution in [0.3, 0.4) is 0 Å². The van der Waals surface area contributed by atoms with E-state index in [0.717, 1.165) is 11.3 Å². The van der Waals surface area contributed by atoms with Gasteiger partial charge in [-0.15, -0.1) is 11.8 Å². The minimum Gasteiger partial charge on any atom is -0.360 e. The number of nitrogens with one attached hydrogen (secondary N) is 2. The van der Waals surface area contributed by atoms with Gasteiger partial charge in [-0.25, -0.2) is 0 Å². The lowest BCUT2D eigenvalue weighted by molar-refractivity contribution is 0.0956. The van der Waals surface area contributed by atoms with Crippen LogP contribution >= 0.6 is 35.0 Å². The van der Waals surface area contributed by atoms with Crippen LogP contribution < -0.4 is 5.32 Å². The highest BCUT2D eigenvalue weighted by molar-refractivity contribution is 7.99. The minimum atomic E-state index is -0.189. The molecule has 0 atom stereocenters. The van der Waals surface area contributed by atoms with Crippen LogP contribution in [0, 0.1) is 0 Å². The average molecular weight is 365 g/mol. The van der Waals surface area contributed by atoms with Crippen LogP contribution in [0.2, 0.25) is 10.0 Å². The molecule has 0 saturated carbocycles. The molecule has 0 aliphatic heterocycles. The molecule has 0 saturated heterocycles. The first kappa shape index (κ1) is 16.2. The first-order valence-electron chi connectivity index (χ1n) is 7.07. The second kappa shape index (κ2) is 7.30. The Morgan fingerprint density at radius 2 is 2.00 bits per heavy atom. The van der Waals surface area contributed by atoms with E-state index in [1.165, 1.54) is 10.3 Å². The number of hydrogen-bond acceptors (Lipinski definition) is 2. The number of carbonyl (C=O) groups is 1. The van der Waals surface area contributed by atoms with Crippen molar-refractivity contribution >= 4 is 51.8 Å². The number of aromatic amines is 1. The van der Waals surface area contributed by atoms with Crippen LogP contribution in [-0.4, -0.2) is 23.2 Å². The molecule has 1 heterocycles. The second-order valence-electron chi connectivity index (χ2n) is 4.93. The largest absolute Gasteiger partial charge is 0.360 e. The third kappa shape index (κ3) is 3.83. The van der Waals surface area contributed by atoms with Crippen LogP contribution in [0.25, 0.3) is 10.9 Å². The Morgan fingerprint density at radius 1 is 1.17 bits per heavy atom. The van der Waals surface area contributed by atoms with Gasteiger partial charge in [0.15, 0.2) is 0 Å². The average Bonchev–Trinajstić information content (AvgIpc) is 2.94. The van der Waals surface area contributed by atoms with Gasteiger partial charge in [-0.3, -0.25) is 4.79 Å². The molecule has 23 heavy (non-hydrogen) atoms. The van der Waals surface area contributed by atoms with Gasteiger partial charge in [0.1, 0.15) is 0 Å². The van der Waals surface area contributed by atoms with Crippen LogP contribution in [0.4, 0.5) is 0 Å². The zero-order chi connectivity index (χ0) is 16.2. The second-order valence-corrected chi connectivity index (χ2v) is 6.91. The zero-order valence-electron chi connectivity index (χ0n) is 12.1. The predicted molar refractivity (Wildman–Crippen MR) is 97.8 cm³/mol. The standard InChI is InChI=1S/C17H14Cl2N2OS/c18-11-5-6-12(14(19)9-11)17(22)20-7-8-23-16-10-21-15-4-2-1-3-13(15)16/h1-6,9-10,21H,7-8H2,(H,20,22). The summed E-state index contributed by atoms with van der Waals surface area (Å²) in [5, 5.41) is 4.95. The van der Waals surface area contributed by atoms with Crippen molar-refractivity contribution in [1.82, 2.24) is 10.3 Å². The number of benzene rings is 2. The molecule has 3 rings (SSSR count). The van der Waals surface area contributed by atoms with Crippen molar-refractivity contribution in [2.24, 2.45) is 0 Å². The molecule has 0 spiro atoms.